The van der Waals surface area contributed by atoms with Crippen molar-refractivity contribution in [3.63, 3.8) is 0 Å². The summed E-state index contributed by atoms with van der Waals surface area (Å²) in [5.41, 5.74) is 0.173. The lowest BCUT2D eigenvalue weighted by molar-refractivity contribution is 0.0988. The van der Waals surface area contributed by atoms with E-state index in [1.165, 1.54) is 12.1 Å². The van der Waals surface area contributed by atoms with Gasteiger partial charge in [-0.05, 0) is 12.1 Å². The van der Waals surface area contributed by atoms with E-state index in [-0.39, 0.29) is 34.6 Å². The van der Waals surface area contributed by atoms with Crippen LogP contribution in [-0.4, -0.2) is 23.5 Å². The number of ketones is 1. The molecule has 1 N–H and O–H groups in total. The van der Waals surface area contributed by atoms with Crippen molar-refractivity contribution in [1.29, 1.82) is 0 Å². The fourth-order valence-electron chi connectivity index (χ4n) is 1.22. The minimum Gasteiger partial charge on any atom is -0.506 e. The Hall–Kier alpha value is -1.97. The number of carbonyl (C=O) groups is 3. The summed E-state index contributed by atoms with van der Waals surface area (Å²) in [6, 6.07) is 2.56. The first kappa shape index (κ1) is 11.1. The van der Waals surface area contributed by atoms with Crippen molar-refractivity contribution in [2.75, 3.05) is 0 Å². The van der Waals surface area contributed by atoms with Gasteiger partial charge in [-0.2, -0.15) is 0 Å². The molecular formula is C11H10O4. The molecule has 0 amide bonds. The lowest BCUT2D eigenvalue weighted by Crippen LogP contribution is -2.00. The van der Waals surface area contributed by atoms with Crippen LogP contribution in [0.3, 0.4) is 0 Å². The summed E-state index contributed by atoms with van der Waals surface area (Å²) in [6.45, 7) is 1.68. The number of phenolic OH excluding ortho intramolecular Hbond substituents is 1. The lowest BCUT2D eigenvalue weighted by atomic mass is 10.0. The van der Waals surface area contributed by atoms with E-state index in [0.29, 0.717) is 12.6 Å². The minimum absolute atomic E-state index is 0.0450. The zero-order valence-corrected chi connectivity index (χ0v) is 8.19. The van der Waals surface area contributed by atoms with Crippen LogP contribution in [0, 0.1) is 0 Å². The largest absolute Gasteiger partial charge is 0.506 e. The molecule has 0 saturated carbocycles. The van der Waals surface area contributed by atoms with E-state index in [2.05, 4.69) is 0 Å². The molecule has 0 spiro atoms. The van der Waals surface area contributed by atoms with Gasteiger partial charge in [0.15, 0.2) is 18.4 Å². The molecule has 1 aromatic rings. The molecular weight excluding hydrogens is 196 g/mol. The second-order valence-electron chi connectivity index (χ2n) is 3.02. The van der Waals surface area contributed by atoms with Crippen LogP contribution in [0.1, 0.15) is 44.4 Å². The number of aromatic hydroxyl groups is 1. The Balaban J connectivity index is 3.39. The number of phenols is 1. The average molecular weight is 206 g/mol. The summed E-state index contributed by atoms with van der Waals surface area (Å²) in [5, 5.41) is 9.39. The smallest absolute Gasteiger partial charge is 0.162 e. The second kappa shape index (κ2) is 4.50. The van der Waals surface area contributed by atoms with Gasteiger partial charge in [0.2, 0.25) is 0 Å². The Morgan fingerprint density at radius 1 is 1.27 bits per heavy atom. The summed E-state index contributed by atoms with van der Waals surface area (Å²) in [7, 11) is 0. The molecule has 0 saturated heterocycles. The normalized spacial score (nSPS) is 9.67. The van der Waals surface area contributed by atoms with Gasteiger partial charge in [0.1, 0.15) is 5.75 Å². The minimum atomic E-state index is -0.382. The second-order valence-corrected chi connectivity index (χ2v) is 3.02. The number of hydrogen-bond acceptors (Lipinski definition) is 4. The quantitative estimate of drug-likeness (QED) is 0.600. The summed E-state index contributed by atoms with van der Waals surface area (Å²) in [5.74, 6) is -0.561. The highest BCUT2D eigenvalue weighted by atomic mass is 16.3. The number of Topliss-reactive ketones (excluding diaryl/α,β-unsaturated/α-hetero) is 1. The maximum atomic E-state index is 11.3. The summed E-state index contributed by atoms with van der Waals surface area (Å²) in [4.78, 5) is 32.5. The van der Waals surface area contributed by atoms with Crippen LogP contribution in [0.4, 0.5) is 0 Å². The maximum absolute atomic E-state index is 11.3. The Labute approximate surface area is 86.5 Å². The SMILES string of the molecule is CCC(=O)c1cc(C=O)c(O)c(C=O)c1. The monoisotopic (exact) mass is 206 g/mol. The molecule has 15 heavy (non-hydrogen) atoms. The predicted octanol–water partition coefficient (Wildman–Crippen LogP) is 1.61. The molecule has 4 heteroatoms. The molecule has 0 aliphatic rings. The van der Waals surface area contributed by atoms with Gasteiger partial charge in [0.25, 0.3) is 0 Å². The van der Waals surface area contributed by atoms with Crippen molar-refractivity contribution < 1.29 is 19.5 Å². The van der Waals surface area contributed by atoms with Gasteiger partial charge < -0.3 is 5.11 Å². The molecule has 0 heterocycles. The lowest BCUT2D eigenvalue weighted by Gasteiger charge is -2.04. The van der Waals surface area contributed by atoms with Crippen LogP contribution in [0.2, 0.25) is 0 Å². The maximum Gasteiger partial charge on any atom is 0.162 e. The predicted molar refractivity (Wildman–Crippen MR) is 53.5 cm³/mol. The Kier molecular flexibility index (Phi) is 3.33. The third-order valence-electron chi connectivity index (χ3n) is 2.07. The van der Waals surface area contributed by atoms with Crippen molar-refractivity contribution in [3.05, 3.63) is 28.8 Å². The fourth-order valence-corrected chi connectivity index (χ4v) is 1.22. The molecule has 0 atom stereocenters. The van der Waals surface area contributed by atoms with Crippen LogP contribution in [0.5, 0.6) is 5.75 Å². The molecule has 0 aromatic heterocycles. The van der Waals surface area contributed by atoms with Gasteiger partial charge in [0.05, 0.1) is 11.1 Å². The first-order valence-electron chi connectivity index (χ1n) is 4.44. The van der Waals surface area contributed by atoms with Crippen LogP contribution in [0.15, 0.2) is 12.1 Å². The zero-order valence-electron chi connectivity index (χ0n) is 8.19. The van der Waals surface area contributed by atoms with E-state index < -0.39 is 0 Å². The van der Waals surface area contributed by atoms with Crippen molar-refractivity contribution in [3.8, 4) is 5.75 Å². The summed E-state index contributed by atoms with van der Waals surface area (Å²) >= 11 is 0. The third-order valence-corrected chi connectivity index (χ3v) is 2.07. The van der Waals surface area contributed by atoms with E-state index in [0.717, 1.165) is 0 Å². The van der Waals surface area contributed by atoms with E-state index >= 15 is 0 Å². The first-order chi connectivity index (χ1) is 7.13. The highest BCUT2D eigenvalue weighted by molar-refractivity contribution is 6.00. The van der Waals surface area contributed by atoms with Gasteiger partial charge in [0, 0.05) is 12.0 Å². The Bertz CT molecular complexity index is 392. The highest BCUT2D eigenvalue weighted by Crippen LogP contribution is 2.22. The van der Waals surface area contributed by atoms with Gasteiger partial charge in [-0.15, -0.1) is 0 Å². The van der Waals surface area contributed by atoms with Gasteiger partial charge >= 0.3 is 0 Å². The third kappa shape index (κ3) is 2.10. The Morgan fingerprint density at radius 2 is 1.73 bits per heavy atom. The highest BCUT2D eigenvalue weighted by Gasteiger charge is 2.12. The van der Waals surface area contributed by atoms with Gasteiger partial charge in [-0.3, -0.25) is 14.4 Å². The van der Waals surface area contributed by atoms with Crippen LogP contribution in [-0.2, 0) is 0 Å². The molecule has 78 valence electrons. The Morgan fingerprint density at radius 3 is 2.07 bits per heavy atom. The van der Waals surface area contributed by atoms with E-state index in [1.807, 2.05) is 0 Å². The molecule has 0 fully saturated rings. The van der Waals surface area contributed by atoms with E-state index in [9.17, 15) is 19.5 Å². The van der Waals surface area contributed by atoms with Crippen LogP contribution >= 0.6 is 0 Å². The number of aldehydes is 2. The molecule has 4 nitrogen and oxygen atoms in total. The number of hydrogen-bond donors (Lipinski definition) is 1. The topological polar surface area (TPSA) is 71.4 Å². The number of rotatable bonds is 4. The standard InChI is InChI=1S/C11H10O4/c1-2-10(14)7-3-8(5-12)11(15)9(4-7)6-13/h3-6,15H,2H2,1H3. The summed E-state index contributed by atoms with van der Waals surface area (Å²) < 4.78 is 0. The molecule has 0 unspecified atom stereocenters. The number of carbonyl (C=O) groups excluding carboxylic acids is 3. The molecule has 0 bridgehead atoms. The molecule has 0 aliphatic carbocycles. The molecule has 0 radical (unpaired) electrons. The van der Waals surface area contributed by atoms with Crippen molar-refractivity contribution in [1.82, 2.24) is 0 Å². The molecule has 1 rings (SSSR count). The van der Waals surface area contributed by atoms with Gasteiger partial charge in [-0.1, -0.05) is 6.92 Å². The van der Waals surface area contributed by atoms with Crippen LogP contribution < -0.4 is 0 Å². The first-order valence-corrected chi connectivity index (χ1v) is 4.44. The summed E-state index contributed by atoms with van der Waals surface area (Å²) in [6.07, 6.45) is 1.10. The zero-order chi connectivity index (χ0) is 11.4. The van der Waals surface area contributed by atoms with Gasteiger partial charge in [-0.25, -0.2) is 0 Å². The van der Waals surface area contributed by atoms with Crippen molar-refractivity contribution in [2.45, 2.75) is 13.3 Å². The van der Waals surface area contributed by atoms with Crippen molar-refractivity contribution >= 4 is 18.4 Å². The molecule has 0 aliphatic heterocycles. The average Bonchev–Trinajstić information content (AvgIpc) is 2.28. The van der Waals surface area contributed by atoms with E-state index in [1.54, 1.807) is 6.92 Å². The number of benzene rings is 1. The van der Waals surface area contributed by atoms with Crippen LogP contribution in [0.25, 0.3) is 0 Å². The molecule has 1 aromatic carbocycles. The van der Waals surface area contributed by atoms with E-state index in [4.69, 9.17) is 0 Å². The van der Waals surface area contributed by atoms with Crippen molar-refractivity contribution in [2.24, 2.45) is 0 Å². The fraction of sp³-hybridized carbons (Fsp3) is 0.182.